The number of hydrogen-bond donors (Lipinski definition) is 1. The molecule has 0 radical (unpaired) electrons. The fourth-order valence-electron chi connectivity index (χ4n) is 3.65. The molecule has 0 bridgehead atoms. The van der Waals surface area contributed by atoms with Gasteiger partial charge in [0, 0.05) is 30.9 Å². The summed E-state index contributed by atoms with van der Waals surface area (Å²) in [6.45, 7) is 7.16. The van der Waals surface area contributed by atoms with Gasteiger partial charge in [0.25, 0.3) is 0 Å². The predicted molar refractivity (Wildman–Crippen MR) is 107 cm³/mol. The van der Waals surface area contributed by atoms with Crippen molar-refractivity contribution in [3.63, 3.8) is 0 Å². The third-order valence-corrected chi connectivity index (χ3v) is 7.71. The summed E-state index contributed by atoms with van der Waals surface area (Å²) in [7, 11) is -3.47. The summed E-state index contributed by atoms with van der Waals surface area (Å²) in [6, 6.07) is 7.47. The van der Waals surface area contributed by atoms with Gasteiger partial charge in [-0.2, -0.15) is 4.31 Å². The van der Waals surface area contributed by atoms with Gasteiger partial charge in [0.2, 0.25) is 15.9 Å². The minimum absolute atomic E-state index is 0.0336. The Morgan fingerprint density at radius 2 is 1.70 bits per heavy atom. The molecule has 2 saturated carbocycles. The van der Waals surface area contributed by atoms with Gasteiger partial charge in [0.15, 0.2) is 0 Å². The van der Waals surface area contributed by atoms with Crippen LogP contribution in [0, 0.1) is 5.92 Å². The molecule has 1 aromatic rings. The quantitative estimate of drug-likeness (QED) is 0.664. The highest BCUT2D eigenvalue weighted by Crippen LogP contribution is 2.39. The highest BCUT2D eigenvalue weighted by atomic mass is 32.2. The number of hydrogen-bond acceptors (Lipinski definition) is 4. The van der Waals surface area contributed by atoms with E-state index < -0.39 is 10.0 Å². The number of carbonyl (C=O) groups excluding carboxylic acids is 1. The van der Waals surface area contributed by atoms with Crippen LogP contribution >= 0.6 is 0 Å². The van der Waals surface area contributed by atoms with Gasteiger partial charge in [-0.3, -0.25) is 9.69 Å². The fraction of sp³-hybridized carbons (Fsp3) is 0.650. The van der Waals surface area contributed by atoms with Gasteiger partial charge in [-0.25, -0.2) is 8.42 Å². The second-order valence-corrected chi connectivity index (χ2v) is 9.58. The Morgan fingerprint density at radius 3 is 2.19 bits per heavy atom. The summed E-state index contributed by atoms with van der Waals surface area (Å²) in [5.74, 6) is 0.705. The third kappa shape index (κ3) is 4.89. The maximum Gasteiger partial charge on any atom is 0.243 e. The van der Waals surface area contributed by atoms with E-state index in [0.29, 0.717) is 37.4 Å². The first-order valence-electron chi connectivity index (χ1n) is 10.0. The highest BCUT2D eigenvalue weighted by molar-refractivity contribution is 7.89. The summed E-state index contributed by atoms with van der Waals surface area (Å²) in [5.41, 5.74) is 0.633. The minimum Gasteiger partial charge on any atom is -0.325 e. The van der Waals surface area contributed by atoms with Crippen molar-refractivity contribution < 1.29 is 13.2 Å². The molecular weight excluding hydrogens is 362 g/mol. The first-order chi connectivity index (χ1) is 12.9. The Hall–Kier alpha value is -1.44. The van der Waals surface area contributed by atoms with E-state index in [-0.39, 0.29) is 10.8 Å². The number of sulfonamides is 1. The number of amides is 1. The zero-order chi connectivity index (χ0) is 19.6. The van der Waals surface area contributed by atoms with Crippen LogP contribution in [0.1, 0.15) is 46.5 Å². The first kappa shape index (κ1) is 20.3. The van der Waals surface area contributed by atoms with E-state index in [1.165, 1.54) is 30.0 Å². The molecule has 7 heteroatoms. The lowest BCUT2D eigenvalue weighted by molar-refractivity contribution is -0.118. The molecule has 1 amide bonds. The van der Waals surface area contributed by atoms with Gasteiger partial charge in [-0.1, -0.05) is 13.8 Å². The molecule has 1 aromatic carbocycles. The van der Waals surface area contributed by atoms with Crippen LogP contribution in [-0.4, -0.2) is 55.2 Å². The third-order valence-electron chi connectivity index (χ3n) is 5.65. The standard InChI is InChI=1S/C20H31N3O3S/c1-4-22(5-2)27(25,26)19-12-8-17(9-13-19)21-20(24)14-23(18-10-11-18)15(3)16-6-7-16/h8-9,12-13,15-16,18H,4-7,10-11,14H2,1-3H3,(H,21,24). The van der Waals surface area contributed by atoms with E-state index in [9.17, 15) is 13.2 Å². The molecule has 2 aliphatic carbocycles. The Kier molecular flexibility index (Phi) is 6.23. The molecular formula is C20H31N3O3S. The van der Waals surface area contributed by atoms with Crippen molar-refractivity contribution >= 4 is 21.6 Å². The molecule has 27 heavy (non-hydrogen) atoms. The maximum atomic E-state index is 12.5. The fourth-order valence-corrected chi connectivity index (χ4v) is 5.11. The monoisotopic (exact) mass is 393 g/mol. The number of rotatable bonds is 10. The Labute approximate surface area is 163 Å². The first-order valence-corrected chi connectivity index (χ1v) is 11.5. The molecule has 0 heterocycles. The van der Waals surface area contributed by atoms with Crippen molar-refractivity contribution in [2.75, 3.05) is 25.0 Å². The number of nitrogens with one attached hydrogen (secondary N) is 1. The van der Waals surface area contributed by atoms with Gasteiger partial charge in [-0.15, -0.1) is 0 Å². The molecule has 3 rings (SSSR count). The normalized spacial score (nSPS) is 18.7. The predicted octanol–water partition coefficient (Wildman–Crippen LogP) is 2.92. The highest BCUT2D eigenvalue weighted by Gasteiger charge is 2.39. The smallest absolute Gasteiger partial charge is 0.243 e. The molecule has 0 aliphatic heterocycles. The number of nitrogens with zero attached hydrogens (tertiary/aromatic N) is 2. The molecule has 6 nitrogen and oxygen atoms in total. The summed E-state index contributed by atoms with van der Waals surface area (Å²) < 4.78 is 26.5. The number of anilines is 1. The summed E-state index contributed by atoms with van der Waals surface area (Å²) in [5, 5.41) is 2.92. The molecule has 0 spiro atoms. The SMILES string of the molecule is CCN(CC)S(=O)(=O)c1ccc(NC(=O)CN(C2CC2)C(C)C2CC2)cc1. The average molecular weight is 394 g/mol. The van der Waals surface area contributed by atoms with Crippen LogP contribution in [0.3, 0.4) is 0 Å². The van der Waals surface area contributed by atoms with Crippen LogP contribution in [0.25, 0.3) is 0 Å². The second kappa shape index (κ2) is 8.29. The van der Waals surface area contributed by atoms with E-state index >= 15 is 0 Å². The second-order valence-electron chi connectivity index (χ2n) is 7.64. The van der Waals surface area contributed by atoms with Crippen molar-refractivity contribution in [2.45, 2.75) is 63.4 Å². The molecule has 1 atom stereocenters. The Bertz CT molecular complexity index is 751. The van der Waals surface area contributed by atoms with Crippen molar-refractivity contribution in [3.8, 4) is 0 Å². The molecule has 1 N–H and O–H groups in total. The van der Waals surface area contributed by atoms with E-state index in [2.05, 4.69) is 17.1 Å². The summed E-state index contributed by atoms with van der Waals surface area (Å²) in [6.07, 6.45) is 4.91. The summed E-state index contributed by atoms with van der Waals surface area (Å²) >= 11 is 0. The van der Waals surface area contributed by atoms with Gasteiger partial charge in [0.05, 0.1) is 11.4 Å². The Morgan fingerprint density at radius 1 is 1.11 bits per heavy atom. The van der Waals surface area contributed by atoms with Crippen LogP contribution in [0.2, 0.25) is 0 Å². The zero-order valence-electron chi connectivity index (χ0n) is 16.5. The van der Waals surface area contributed by atoms with Crippen LogP contribution < -0.4 is 5.32 Å². The van der Waals surface area contributed by atoms with Crippen molar-refractivity contribution in [1.82, 2.24) is 9.21 Å². The van der Waals surface area contributed by atoms with Crippen molar-refractivity contribution in [1.29, 1.82) is 0 Å². The van der Waals surface area contributed by atoms with E-state index in [0.717, 1.165) is 5.92 Å². The van der Waals surface area contributed by atoms with Gasteiger partial charge < -0.3 is 5.32 Å². The minimum atomic E-state index is -3.47. The molecule has 1 unspecified atom stereocenters. The average Bonchev–Trinajstić information content (AvgIpc) is 3.53. The molecule has 2 fully saturated rings. The van der Waals surface area contributed by atoms with Crippen LogP contribution in [-0.2, 0) is 14.8 Å². The topological polar surface area (TPSA) is 69.7 Å². The van der Waals surface area contributed by atoms with Crippen molar-refractivity contribution in [3.05, 3.63) is 24.3 Å². The van der Waals surface area contributed by atoms with E-state index in [1.807, 2.05) is 13.8 Å². The largest absolute Gasteiger partial charge is 0.325 e. The van der Waals surface area contributed by atoms with E-state index in [4.69, 9.17) is 0 Å². The number of benzene rings is 1. The molecule has 150 valence electrons. The lowest BCUT2D eigenvalue weighted by Gasteiger charge is -2.28. The van der Waals surface area contributed by atoms with Gasteiger partial charge >= 0.3 is 0 Å². The molecule has 0 aromatic heterocycles. The van der Waals surface area contributed by atoms with Gasteiger partial charge in [0.1, 0.15) is 0 Å². The van der Waals surface area contributed by atoms with Crippen LogP contribution in [0.4, 0.5) is 5.69 Å². The van der Waals surface area contributed by atoms with E-state index in [1.54, 1.807) is 24.3 Å². The Balaban J connectivity index is 1.61. The summed E-state index contributed by atoms with van der Waals surface area (Å²) in [4.78, 5) is 15.1. The number of carbonyl (C=O) groups is 1. The van der Waals surface area contributed by atoms with Crippen LogP contribution in [0.15, 0.2) is 29.2 Å². The van der Waals surface area contributed by atoms with Crippen molar-refractivity contribution in [2.24, 2.45) is 5.92 Å². The lowest BCUT2D eigenvalue weighted by Crippen LogP contribution is -2.42. The van der Waals surface area contributed by atoms with Gasteiger partial charge in [-0.05, 0) is 62.8 Å². The molecule has 2 aliphatic rings. The maximum absolute atomic E-state index is 12.5. The van der Waals surface area contributed by atoms with Crippen LogP contribution in [0.5, 0.6) is 0 Å². The molecule has 0 saturated heterocycles. The lowest BCUT2D eigenvalue weighted by atomic mass is 10.1. The zero-order valence-corrected chi connectivity index (χ0v) is 17.3.